The third kappa shape index (κ3) is 3.02. The Balaban J connectivity index is 1.66. The average molecular weight is 288 g/mol. The molecule has 20 heavy (non-hydrogen) atoms. The number of anilines is 1. The number of nitrogens with one attached hydrogen (secondary N) is 2. The normalized spacial score (nSPS) is 18.7. The number of carbonyl (C=O) groups is 1. The highest BCUT2D eigenvalue weighted by atomic mass is 32.1. The maximum Gasteiger partial charge on any atom is 0.230 e. The van der Waals surface area contributed by atoms with E-state index in [9.17, 15) is 4.79 Å². The molecule has 1 fully saturated rings. The average Bonchev–Trinajstić information content (AvgIpc) is 2.97. The summed E-state index contributed by atoms with van der Waals surface area (Å²) in [5.74, 6) is 0.102. The van der Waals surface area contributed by atoms with Crippen molar-refractivity contribution in [2.24, 2.45) is 5.92 Å². The Bertz CT molecular complexity index is 578. The maximum absolute atomic E-state index is 12.1. The maximum atomic E-state index is 12.1. The molecule has 0 spiro atoms. The first-order valence-corrected chi connectivity index (χ1v) is 7.59. The van der Waals surface area contributed by atoms with Gasteiger partial charge >= 0.3 is 0 Å². The van der Waals surface area contributed by atoms with Gasteiger partial charge in [0.05, 0.1) is 11.6 Å². The van der Waals surface area contributed by atoms with Crippen LogP contribution < -0.4 is 10.6 Å². The second kappa shape index (κ2) is 6.11. The monoisotopic (exact) mass is 288 g/mol. The molecule has 1 amide bonds. The highest BCUT2D eigenvalue weighted by molar-refractivity contribution is 7.14. The Morgan fingerprint density at radius 1 is 1.40 bits per heavy atom. The van der Waals surface area contributed by atoms with Crippen LogP contribution in [-0.4, -0.2) is 29.0 Å². The van der Waals surface area contributed by atoms with E-state index in [1.165, 1.54) is 11.3 Å². The molecule has 1 unspecified atom stereocenters. The van der Waals surface area contributed by atoms with Crippen LogP contribution in [0.5, 0.6) is 0 Å². The summed E-state index contributed by atoms with van der Waals surface area (Å²) in [6, 6.07) is 5.70. The molecule has 3 rings (SSSR count). The lowest BCUT2D eigenvalue weighted by Crippen LogP contribution is -2.37. The van der Waals surface area contributed by atoms with Crippen LogP contribution in [0.1, 0.15) is 12.8 Å². The molecule has 2 aromatic heterocycles. The number of amides is 1. The van der Waals surface area contributed by atoms with E-state index in [0.29, 0.717) is 5.13 Å². The Hall–Kier alpha value is -1.79. The van der Waals surface area contributed by atoms with E-state index in [1.54, 1.807) is 6.20 Å². The van der Waals surface area contributed by atoms with Gasteiger partial charge in [0.25, 0.3) is 0 Å². The molecule has 1 saturated heterocycles. The number of aromatic nitrogens is 2. The van der Waals surface area contributed by atoms with Crippen molar-refractivity contribution in [1.82, 2.24) is 15.3 Å². The first-order chi connectivity index (χ1) is 9.83. The third-order valence-corrected chi connectivity index (χ3v) is 4.09. The zero-order valence-corrected chi connectivity index (χ0v) is 11.8. The highest BCUT2D eigenvalue weighted by Gasteiger charge is 2.21. The summed E-state index contributed by atoms with van der Waals surface area (Å²) in [5.41, 5.74) is 1.62. The van der Waals surface area contributed by atoms with Crippen LogP contribution in [0, 0.1) is 5.92 Å². The SMILES string of the molecule is O=C(Nc1nc(-c2ccccn2)cs1)C1CCCNC1. The predicted molar refractivity (Wildman–Crippen MR) is 79.6 cm³/mol. The number of hydrogen-bond donors (Lipinski definition) is 2. The molecule has 1 aliphatic rings. The number of rotatable bonds is 3. The lowest BCUT2D eigenvalue weighted by atomic mass is 9.99. The minimum Gasteiger partial charge on any atom is -0.316 e. The minimum absolute atomic E-state index is 0.0472. The van der Waals surface area contributed by atoms with Gasteiger partial charge in [-0.3, -0.25) is 9.78 Å². The Morgan fingerprint density at radius 3 is 3.10 bits per heavy atom. The predicted octanol–water partition coefficient (Wildman–Crippen LogP) is 2.14. The first kappa shape index (κ1) is 13.2. The van der Waals surface area contributed by atoms with Crippen LogP contribution in [0.3, 0.4) is 0 Å². The number of carbonyl (C=O) groups excluding carboxylic acids is 1. The van der Waals surface area contributed by atoms with Gasteiger partial charge < -0.3 is 10.6 Å². The molecule has 0 bridgehead atoms. The summed E-state index contributed by atoms with van der Waals surface area (Å²) >= 11 is 1.43. The van der Waals surface area contributed by atoms with Crippen molar-refractivity contribution < 1.29 is 4.79 Å². The number of piperidine rings is 1. The van der Waals surface area contributed by atoms with Gasteiger partial charge in [0.15, 0.2) is 5.13 Å². The summed E-state index contributed by atoms with van der Waals surface area (Å²) in [7, 11) is 0. The van der Waals surface area contributed by atoms with Gasteiger partial charge in [-0.05, 0) is 31.5 Å². The van der Waals surface area contributed by atoms with Crippen molar-refractivity contribution in [3.8, 4) is 11.4 Å². The van der Waals surface area contributed by atoms with E-state index in [4.69, 9.17) is 0 Å². The van der Waals surface area contributed by atoms with Crippen molar-refractivity contribution in [1.29, 1.82) is 0 Å². The quantitative estimate of drug-likeness (QED) is 0.908. The smallest absolute Gasteiger partial charge is 0.230 e. The number of pyridine rings is 1. The third-order valence-electron chi connectivity index (χ3n) is 3.33. The Labute approximate surface area is 121 Å². The molecule has 1 atom stereocenters. The minimum atomic E-state index is 0.0472. The first-order valence-electron chi connectivity index (χ1n) is 6.71. The van der Waals surface area contributed by atoms with Crippen LogP contribution in [0.15, 0.2) is 29.8 Å². The second-order valence-electron chi connectivity index (χ2n) is 4.79. The standard InChI is InChI=1S/C14H16N4OS/c19-13(10-4-3-6-15-8-10)18-14-17-12(9-20-14)11-5-1-2-7-16-11/h1-2,5,7,9-10,15H,3-4,6,8H2,(H,17,18,19). The zero-order chi connectivity index (χ0) is 13.8. The summed E-state index contributed by atoms with van der Waals surface area (Å²) in [4.78, 5) is 20.8. The molecule has 6 heteroatoms. The van der Waals surface area contributed by atoms with Crippen molar-refractivity contribution in [3.63, 3.8) is 0 Å². The number of nitrogens with zero attached hydrogens (tertiary/aromatic N) is 2. The summed E-state index contributed by atoms with van der Waals surface area (Å²) in [5, 5.41) is 8.70. The lowest BCUT2D eigenvalue weighted by molar-refractivity contribution is -0.120. The molecular formula is C14H16N4OS. The van der Waals surface area contributed by atoms with Crippen LogP contribution in [0.2, 0.25) is 0 Å². The molecule has 0 saturated carbocycles. The van der Waals surface area contributed by atoms with Gasteiger partial charge in [-0.1, -0.05) is 6.07 Å². The van der Waals surface area contributed by atoms with Crippen LogP contribution in [0.25, 0.3) is 11.4 Å². The summed E-state index contributed by atoms with van der Waals surface area (Å²) < 4.78 is 0. The fraction of sp³-hybridized carbons (Fsp3) is 0.357. The van der Waals surface area contributed by atoms with Crippen molar-refractivity contribution in [2.75, 3.05) is 18.4 Å². The molecule has 1 aliphatic heterocycles. The van der Waals surface area contributed by atoms with Gasteiger partial charge in [-0.2, -0.15) is 0 Å². The van der Waals surface area contributed by atoms with Crippen LogP contribution >= 0.6 is 11.3 Å². The zero-order valence-electron chi connectivity index (χ0n) is 11.0. The summed E-state index contributed by atoms with van der Waals surface area (Å²) in [6.45, 7) is 1.76. The van der Waals surface area contributed by atoms with Crippen molar-refractivity contribution in [2.45, 2.75) is 12.8 Å². The van der Waals surface area contributed by atoms with Gasteiger partial charge in [-0.15, -0.1) is 11.3 Å². The highest BCUT2D eigenvalue weighted by Crippen LogP contribution is 2.24. The number of hydrogen-bond acceptors (Lipinski definition) is 5. The Morgan fingerprint density at radius 2 is 2.35 bits per heavy atom. The number of thiazole rings is 1. The molecule has 0 aliphatic carbocycles. The Kier molecular flexibility index (Phi) is 4.03. The van der Waals surface area contributed by atoms with Crippen molar-refractivity contribution in [3.05, 3.63) is 29.8 Å². The van der Waals surface area contributed by atoms with Crippen LogP contribution in [-0.2, 0) is 4.79 Å². The van der Waals surface area contributed by atoms with E-state index in [2.05, 4.69) is 20.6 Å². The fourth-order valence-corrected chi connectivity index (χ4v) is 2.95. The van der Waals surface area contributed by atoms with E-state index in [0.717, 1.165) is 37.3 Å². The van der Waals surface area contributed by atoms with E-state index in [-0.39, 0.29) is 11.8 Å². The lowest BCUT2D eigenvalue weighted by Gasteiger charge is -2.21. The van der Waals surface area contributed by atoms with Gasteiger partial charge in [0.1, 0.15) is 5.69 Å². The van der Waals surface area contributed by atoms with E-state index >= 15 is 0 Å². The summed E-state index contributed by atoms with van der Waals surface area (Å²) in [6.07, 6.45) is 3.73. The second-order valence-corrected chi connectivity index (χ2v) is 5.64. The molecule has 5 nitrogen and oxygen atoms in total. The molecule has 3 heterocycles. The molecule has 2 aromatic rings. The molecule has 0 aromatic carbocycles. The molecule has 2 N–H and O–H groups in total. The molecule has 0 radical (unpaired) electrons. The van der Waals surface area contributed by atoms with Crippen molar-refractivity contribution >= 4 is 22.4 Å². The fourth-order valence-electron chi connectivity index (χ4n) is 2.25. The van der Waals surface area contributed by atoms with Gasteiger partial charge in [0, 0.05) is 18.1 Å². The topological polar surface area (TPSA) is 66.9 Å². The van der Waals surface area contributed by atoms with E-state index < -0.39 is 0 Å². The van der Waals surface area contributed by atoms with Crippen LogP contribution in [0.4, 0.5) is 5.13 Å². The molecule has 104 valence electrons. The van der Waals surface area contributed by atoms with Gasteiger partial charge in [0.2, 0.25) is 5.91 Å². The van der Waals surface area contributed by atoms with Gasteiger partial charge in [-0.25, -0.2) is 4.98 Å². The largest absolute Gasteiger partial charge is 0.316 e. The van der Waals surface area contributed by atoms with E-state index in [1.807, 2.05) is 23.6 Å². The molecular weight excluding hydrogens is 272 g/mol.